The molecule has 0 bridgehead atoms. The maximum atomic E-state index is 13.2. The third-order valence-electron chi connectivity index (χ3n) is 7.27. The smallest absolute Gasteiger partial charge is 0.223 e. The fourth-order valence-electron chi connectivity index (χ4n) is 5.51. The van der Waals surface area contributed by atoms with Crippen molar-refractivity contribution in [2.45, 2.75) is 56.6 Å². The van der Waals surface area contributed by atoms with Crippen LogP contribution in [0.4, 0.5) is 4.39 Å². The summed E-state index contributed by atoms with van der Waals surface area (Å²) in [5, 5.41) is 0. The number of fused-ring (bicyclic) bond motifs is 1. The number of para-hydroxylation sites is 1. The minimum atomic E-state index is -0.191. The molecule has 2 fully saturated rings. The van der Waals surface area contributed by atoms with Gasteiger partial charge in [0, 0.05) is 45.1 Å². The molecule has 0 aromatic heterocycles. The lowest BCUT2D eigenvalue weighted by Gasteiger charge is -2.47. The normalized spacial score (nSPS) is 22.9. The molecule has 5 heteroatoms. The highest BCUT2D eigenvalue weighted by molar-refractivity contribution is 5.77. The topological polar surface area (TPSA) is 32.8 Å². The van der Waals surface area contributed by atoms with E-state index in [-0.39, 0.29) is 17.3 Å². The van der Waals surface area contributed by atoms with E-state index in [0.717, 1.165) is 76.1 Å². The van der Waals surface area contributed by atoms with Crippen molar-refractivity contribution >= 4 is 5.91 Å². The van der Waals surface area contributed by atoms with Crippen molar-refractivity contribution in [1.82, 2.24) is 9.80 Å². The summed E-state index contributed by atoms with van der Waals surface area (Å²) in [6, 6.07) is 15.1. The monoisotopic (exact) mass is 422 g/mol. The first-order valence-corrected chi connectivity index (χ1v) is 11.6. The first kappa shape index (κ1) is 20.5. The Hall–Kier alpha value is -2.40. The number of rotatable bonds is 4. The van der Waals surface area contributed by atoms with Gasteiger partial charge in [-0.15, -0.1) is 0 Å². The molecule has 1 amide bonds. The second-order valence-electron chi connectivity index (χ2n) is 9.42. The summed E-state index contributed by atoms with van der Waals surface area (Å²) in [7, 11) is 0. The fourth-order valence-corrected chi connectivity index (χ4v) is 5.51. The SMILES string of the molecule is O=C(CC1CC2(CCN(Cc3ccc(F)cc3)CC2)Oc2ccccc21)N1CCCC1. The predicted octanol–water partition coefficient (Wildman–Crippen LogP) is 4.74. The molecule has 2 aromatic rings. The van der Waals surface area contributed by atoms with Gasteiger partial charge in [-0.1, -0.05) is 30.3 Å². The molecule has 0 radical (unpaired) electrons. The van der Waals surface area contributed by atoms with E-state index in [0.29, 0.717) is 12.3 Å². The molecule has 0 saturated carbocycles. The quantitative estimate of drug-likeness (QED) is 0.714. The van der Waals surface area contributed by atoms with E-state index in [1.165, 1.54) is 17.7 Å². The Morgan fingerprint density at radius 2 is 1.71 bits per heavy atom. The molecule has 4 nitrogen and oxygen atoms in total. The maximum absolute atomic E-state index is 13.2. The lowest BCUT2D eigenvalue weighted by Crippen LogP contribution is -2.50. The average molecular weight is 423 g/mol. The van der Waals surface area contributed by atoms with Crippen molar-refractivity contribution in [3.63, 3.8) is 0 Å². The van der Waals surface area contributed by atoms with Gasteiger partial charge in [0.05, 0.1) is 0 Å². The van der Waals surface area contributed by atoms with Crippen molar-refractivity contribution in [3.8, 4) is 5.75 Å². The highest BCUT2D eigenvalue weighted by Gasteiger charge is 2.43. The van der Waals surface area contributed by atoms with Crippen LogP contribution in [0.15, 0.2) is 48.5 Å². The van der Waals surface area contributed by atoms with Gasteiger partial charge in [0.15, 0.2) is 0 Å². The summed E-state index contributed by atoms with van der Waals surface area (Å²) in [4.78, 5) is 17.4. The molecule has 3 aliphatic heterocycles. The molecule has 31 heavy (non-hydrogen) atoms. The number of piperidine rings is 1. The van der Waals surface area contributed by atoms with Crippen molar-refractivity contribution in [2.24, 2.45) is 0 Å². The Morgan fingerprint density at radius 1 is 1.00 bits per heavy atom. The Labute approximate surface area is 184 Å². The number of carbonyl (C=O) groups excluding carboxylic acids is 1. The molecule has 2 saturated heterocycles. The summed E-state index contributed by atoms with van der Waals surface area (Å²) in [5.74, 6) is 1.29. The van der Waals surface area contributed by atoms with Gasteiger partial charge in [-0.05, 0) is 61.4 Å². The Kier molecular flexibility index (Phi) is 5.70. The van der Waals surface area contributed by atoms with E-state index < -0.39 is 0 Å². The first-order valence-electron chi connectivity index (χ1n) is 11.6. The molecule has 1 atom stereocenters. The minimum absolute atomic E-state index is 0.190. The zero-order chi connectivity index (χ0) is 21.3. The van der Waals surface area contributed by atoms with Crippen molar-refractivity contribution in [3.05, 3.63) is 65.5 Å². The first-order chi connectivity index (χ1) is 15.1. The molecular formula is C26H31FN2O2. The number of nitrogens with zero attached hydrogens (tertiary/aromatic N) is 2. The minimum Gasteiger partial charge on any atom is -0.487 e. The average Bonchev–Trinajstić information content (AvgIpc) is 3.32. The number of ether oxygens (including phenoxy) is 1. The highest BCUT2D eigenvalue weighted by atomic mass is 19.1. The van der Waals surface area contributed by atoms with Crippen LogP contribution < -0.4 is 4.74 Å². The lowest BCUT2D eigenvalue weighted by atomic mass is 9.76. The van der Waals surface area contributed by atoms with E-state index in [9.17, 15) is 9.18 Å². The summed E-state index contributed by atoms with van der Waals surface area (Å²) in [6.07, 6.45) is 5.66. The van der Waals surface area contributed by atoms with Crippen LogP contribution in [0.25, 0.3) is 0 Å². The van der Waals surface area contributed by atoms with Gasteiger partial charge in [0.2, 0.25) is 5.91 Å². The molecule has 0 aliphatic carbocycles. The van der Waals surface area contributed by atoms with E-state index in [2.05, 4.69) is 23.1 Å². The molecule has 5 rings (SSSR count). The molecule has 2 aromatic carbocycles. The van der Waals surface area contributed by atoms with Gasteiger partial charge in [0.25, 0.3) is 0 Å². The third kappa shape index (κ3) is 4.47. The van der Waals surface area contributed by atoms with Crippen molar-refractivity contribution < 1.29 is 13.9 Å². The summed E-state index contributed by atoms with van der Waals surface area (Å²) in [6.45, 7) is 4.56. The van der Waals surface area contributed by atoms with E-state index in [1.54, 1.807) is 0 Å². The van der Waals surface area contributed by atoms with Gasteiger partial charge in [-0.2, -0.15) is 0 Å². The summed E-state index contributed by atoms with van der Waals surface area (Å²) in [5.41, 5.74) is 2.14. The van der Waals surface area contributed by atoms with Crippen molar-refractivity contribution in [1.29, 1.82) is 0 Å². The number of hydrogen-bond donors (Lipinski definition) is 0. The number of likely N-dealkylation sites (tertiary alicyclic amines) is 2. The highest BCUT2D eigenvalue weighted by Crippen LogP contribution is 2.46. The molecule has 164 valence electrons. The number of carbonyl (C=O) groups is 1. The van der Waals surface area contributed by atoms with Gasteiger partial charge in [-0.25, -0.2) is 4.39 Å². The predicted molar refractivity (Wildman–Crippen MR) is 119 cm³/mol. The van der Waals surface area contributed by atoms with E-state index in [4.69, 9.17) is 4.74 Å². The second kappa shape index (κ2) is 8.62. The standard InChI is InChI=1S/C26H31FN2O2/c27-22-9-7-20(8-10-22)19-28-15-11-26(12-16-28)18-21(17-25(30)29-13-3-4-14-29)23-5-1-2-6-24(23)31-26/h1-2,5-10,21H,3-4,11-19H2. The van der Waals surface area contributed by atoms with Crippen LogP contribution >= 0.6 is 0 Å². The number of halogens is 1. The number of hydrogen-bond acceptors (Lipinski definition) is 3. The van der Waals surface area contributed by atoms with Crippen LogP contribution in [0.3, 0.4) is 0 Å². The molecule has 0 N–H and O–H groups in total. The van der Waals surface area contributed by atoms with Crippen LogP contribution in [0.5, 0.6) is 5.75 Å². The molecule has 3 heterocycles. The van der Waals surface area contributed by atoms with Gasteiger partial charge in [0.1, 0.15) is 17.2 Å². The van der Waals surface area contributed by atoms with Crippen LogP contribution in [-0.4, -0.2) is 47.5 Å². The third-order valence-corrected chi connectivity index (χ3v) is 7.27. The van der Waals surface area contributed by atoms with E-state index >= 15 is 0 Å². The molecule has 1 spiro atoms. The largest absolute Gasteiger partial charge is 0.487 e. The Morgan fingerprint density at radius 3 is 2.45 bits per heavy atom. The molecule has 3 aliphatic rings. The summed E-state index contributed by atoms with van der Waals surface area (Å²) < 4.78 is 19.8. The fraction of sp³-hybridized carbons (Fsp3) is 0.500. The van der Waals surface area contributed by atoms with Crippen LogP contribution in [0, 0.1) is 5.82 Å². The second-order valence-corrected chi connectivity index (χ2v) is 9.42. The molecular weight excluding hydrogens is 391 g/mol. The zero-order valence-electron chi connectivity index (χ0n) is 18.1. The number of benzene rings is 2. The molecule has 1 unspecified atom stereocenters. The lowest BCUT2D eigenvalue weighted by molar-refractivity contribution is -0.131. The van der Waals surface area contributed by atoms with E-state index in [1.807, 2.05) is 23.1 Å². The van der Waals surface area contributed by atoms with Crippen LogP contribution in [-0.2, 0) is 11.3 Å². The maximum Gasteiger partial charge on any atom is 0.223 e. The van der Waals surface area contributed by atoms with Crippen molar-refractivity contribution in [2.75, 3.05) is 26.2 Å². The van der Waals surface area contributed by atoms with Gasteiger partial charge < -0.3 is 9.64 Å². The van der Waals surface area contributed by atoms with Gasteiger partial charge >= 0.3 is 0 Å². The Bertz CT molecular complexity index is 915. The Balaban J connectivity index is 1.27. The van der Waals surface area contributed by atoms with Gasteiger partial charge in [-0.3, -0.25) is 9.69 Å². The summed E-state index contributed by atoms with van der Waals surface area (Å²) >= 11 is 0. The zero-order valence-corrected chi connectivity index (χ0v) is 18.1. The van der Waals surface area contributed by atoms with Crippen LogP contribution in [0.1, 0.15) is 55.6 Å². The number of amides is 1. The van der Waals surface area contributed by atoms with Crippen LogP contribution in [0.2, 0.25) is 0 Å².